The molecular weight excluding hydrogens is 354 g/mol. The number of hydrogen-bond donors (Lipinski definition) is 2. The average Bonchev–Trinajstić information content (AvgIpc) is 2.67. The van der Waals surface area contributed by atoms with Crippen molar-refractivity contribution in [3.8, 4) is 0 Å². The molecule has 2 amide bonds. The van der Waals surface area contributed by atoms with Gasteiger partial charge in [-0.3, -0.25) is 0 Å². The minimum absolute atomic E-state index is 0.313. The van der Waals surface area contributed by atoms with Gasteiger partial charge >= 0.3 is 12.0 Å². The van der Waals surface area contributed by atoms with E-state index in [2.05, 4.69) is 43.2 Å². The zero-order chi connectivity index (χ0) is 20.7. The number of benzene rings is 1. The first-order valence-electron chi connectivity index (χ1n) is 10.2. The molecule has 28 heavy (non-hydrogen) atoms. The summed E-state index contributed by atoms with van der Waals surface area (Å²) in [5.41, 5.74) is 2.97. The van der Waals surface area contributed by atoms with E-state index in [1.165, 1.54) is 0 Å². The van der Waals surface area contributed by atoms with Crippen molar-refractivity contribution in [3.05, 3.63) is 41.1 Å². The Morgan fingerprint density at radius 1 is 1.18 bits per heavy atom. The number of esters is 1. The van der Waals surface area contributed by atoms with Crippen molar-refractivity contribution in [2.24, 2.45) is 5.92 Å². The van der Waals surface area contributed by atoms with Crippen LogP contribution >= 0.6 is 0 Å². The lowest BCUT2D eigenvalue weighted by molar-refractivity contribution is -0.140. The van der Waals surface area contributed by atoms with Gasteiger partial charge in [0.2, 0.25) is 0 Å². The normalized spacial score (nSPS) is 17.6. The molecule has 2 N–H and O–H groups in total. The molecule has 6 nitrogen and oxygen atoms in total. The molecule has 0 aromatic heterocycles. The number of nitrogens with one attached hydrogen (secondary N) is 2. The molecule has 0 fully saturated rings. The Morgan fingerprint density at radius 3 is 2.39 bits per heavy atom. The molecule has 1 aromatic carbocycles. The number of hydrogen-bond acceptors (Lipinski definition) is 4. The lowest BCUT2D eigenvalue weighted by atomic mass is 9.95. The highest BCUT2D eigenvalue weighted by atomic mass is 16.5. The lowest BCUT2D eigenvalue weighted by Crippen LogP contribution is -2.45. The fraction of sp³-hybridized carbons (Fsp3) is 0.545. The first-order valence-corrected chi connectivity index (χ1v) is 10.2. The second-order valence-electron chi connectivity index (χ2n) is 7.33. The van der Waals surface area contributed by atoms with E-state index in [0.29, 0.717) is 23.8 Å². The molecule has 2 atom stereocenters. The van der Waals surface area contributed by atoms with Gasteiger partial charge in [-0.05, 0) is 50.8 Å². The number of allylic oxidation sites excluding steroid dienone is 1. The minimum Gasteiger partial charge on any atom is -0.462 e. The van der Waals surface area contributed by atoms with Crippen LogP contribution in [-0.4, -0.2) is 31.7 Å². The van der Waals surface area contributed by atoms with Crippen LogP contribution in [0, 0.1) is 5.92 Å². The molecule has 1 aliphatic rings. The van der Waals surface area contributed by atoms with Gasteiger partial charge in [0.1, 0.15) is 0 Å². The summed E-state index contributed by atoms with van der Waals surface area (Å²) in [7, 11) is 0. The molecule has 154 valence electrons. The van der Waals surface area contributed by atoms with E-state index >= 15 is 0 Å². The summed E-state index contributed by atoms with van der Waals surface area (Å²) in [5.74, 6) is -0.0708. The number of carbonyl (C=O) groups is 2. The maximum absolute atomic E-state index is 12.8. The highest BCUT2D eigenvalue weighted by Gasteiger charge is 2.32. The predicted octanol–water partition coefficient (Wildman–Crippen LogP) is 4.14. The zero-order valence-electron chi connectivity index (χ0n) is 17.7. The Kier molecular flexibility index (Phi) is 7.91. The third kappa shape index (κ3) is 5.27. The highest BCUT2D eigenvalue weighted by Crippen LogP contribution is 2.29. The van der Waals surface area contributed by atoms with Gasteiger partial charge in [-0.1, -0.05) is 32.4 Å². The number of urea groups is 1. The first-order chi connectivity index (χ1) is 13.4. The summed E-state index contributed by atoms with van der Waals surface area (Å²) >= 11 is 0. The summed E-state index contributed by atoms with van der Waals surface area (Å²) < 4.78 is 5.55. The maximum Gasteiger partial charge on any atom is 0.338 e. The summed E-state index contributed by atoms with van der Waals surface area (Å²) in [6.07, 6.45) is 2.07. The predicted molar refractivity (Wildman–Crippen MR) is 112 cm³/mol. The molecule has 0 bridgehead atoms. The Hall–Kier alpha value is -2.50. The highest BCUT2D eigenvalue weighted by molar-refractivity contribution is 5.95. The Balaban J connectivity index is 2.23. The number of ether oxygens (including phenoxy) is 1. The van der Waals surface area contributed by atoms with E-state index < -0.39 is 6.04 Å². The number of anilines is 1. The molecule has 0 aliphatic carbocycles. The van der Waals surface area contributed by atoms with Crippen molar-refractivity contribution >= 4 is 17.7 Å². The quantitative estimate of drug-likeness (QED) is 0.625. The van der Waals surface area contributed by atoms with Crippen LogP contribution in [0.3, 0.4) is 0 Å². The summed E-state index contributed by atoms with van der Waals surface area (Å²) in [6.45, 7) is 12.4. The molecule has 0 radical (unpaired) electrons. The van der Waals surface area contributed by atoms with Gasteiger partial charge in [-0.2, -0.15) is 0 Å². The summed E-state index contributed by atoms with van der Waals surface area (Å²) in [5, 5.41) is 5.55. The second-order valence-corrected chi connectivity index (χ2v) is 7.33. The van der Waals surface area contributed by atoms with Crippen LogP contribution in [0.2, 0.25) is 0 Å². The minimum atomic E-state index is -0.520. The third-order valence-corrected chi connectivity index (χ3v) is 5.12. The molecule has 0 saturated heterocycles. The third-order valence-electron chi connectivity index (χ3n) is 5.12. The van der Waals surface area contributed by atoms with E-state index in [4.69, 9.17) is 4.74 Å². The fourth-order valence-corrected chi connectivity index (χ4v) is 3.55. The Bertz CT molecular complexity index is 708. The van der Waals surface area contributed by atoms with E-state index in [1.807, 2.05) is 24.3 Å². The molecule has 1 aromatic rings. The Morgan fingerprint density at radius 2 is 1.82 bits per heavy atom. The van der Waals surface area contributed by atoms with Gasteiger partial charge in [0.05, 0.1) is 18.2 Å². The number of amides is 2. The van der Waals surface area contributed by atoms with Crippen molar-refractivity contribution in [2.75, 3.05) is 24.6 Å². The molecule has 0 saturated carbocycles. The number of rotatable bonds is 9. The molecule has 2 rings (SSSR count). The van der Waals surface area contributed by atoms with Crippen LogP contribution in [-0.2, 0) is 9.53 Å². The van der Waals surface area contributed by atoms with Crippen LogP contribution in [0.4, 0.5) is 10.5 Å². The molecule has 1 heterocycles. The van der Waals surface area contributed by atoms with E-state index in [0.717, 1.165) is 37.2 Å². The van der Waals surface area contributed by atoms with E-state index in [9.17, 15) is 9.59 Å². The van der Waals surface area contributed by atoms with Crippen LogP contribution in [0.5, 0.6) is 0 Å². The molecule has 0 spiro atoms. The Labute approximate surface area is 168 Å². The second kappa shape index (κ2) is 10.2. The van der Waals surface area contributed by atoms with Crippen LogP contribution in [0.15, 0.2) is 35.5 Å². The van der Waals surface area contributed by atoms with Crippen molar-refractivity contribution in [1.82, 2.24) is 10.6 Å². The van der Waals surface area contributed by atoms with Gasteiger partial charge in [0.15, 0.2) is 0 Å². The van der Waals surface area contributed by atoms with E-state index in [1.54, 1.807) is 6.92 Å². The smallest absolute Gasteiger partial charge is 0.338 e. The maximum atomic E-state index is 12.8. The van der Waals surface area contributed by atoms with Crippen molar-refractivity contribution < 1.29 is 14.3 Å². The van der Waals surface area contributed by atoms with Crippen LogP contribution in [0.25, 0.3) is 0 Å². The van der Waals surface area contributed by atoms with Crippen LogP contribution < -0.4 is 15.5 Å². The average molecular weight is 388 g/mol. The summed E-state index contributed by atoms with van der Waals surface area (Å²) in [4.78, 5) is 27.1. The van der Waals surface area contributed by atoms with Gasteiger partial charge in [0.25, 0.3) is 0 Å². The van der Waals surface area contributed by atoms with Gasteiger partial charge < -0.3 is 20.3 Å². The monoisotopic (exact) mass is 387 g/mol. The molecule has 0 unspecified atom stereocenters. The van der Waals surface area contributed by atoms with Gasteiger partial charge in [-0.25, -0.2) is 9.59 Å². The van der Waals surface area contributed by atoms with Gasteiger partial charge in [0, 0.05) is 24.5 Å². The zero-order valence-corrected chi connectivity index (χ0v) is 17.7. The lowest BCUT2D eigenvalue weighted by Gasteiger charge is -2.29. The first kappa shape index (κ1) is 21.8. The summed E-state index contributed by atoms with van der Waals surface area (Å²) in [6, 6.07) is 7.14. The molecule has 1 aliphatic heterocycles. The van der Waals surface area contributed by atoms with E-state index in [-0.39, 0.29) is 12.0 Å². The topological polar surface area (TPSA) is 70.7 Å². The SMILES string of the molecule is CCC[C@@H](C)COC(=O)C1=C(C)NC(=O)N[C@@H]1c1ccc(N(CC)CC)cc1. The van der Waals surface area contributed by atoms with Crippen molar-refractivity contribution in [1.29, 1.82) is 0 Å². The van der Waals surface area contributed by atoms with Crippen LogP contribution in [0.1, 0.15) is 59.1 Å². The fourth-order valence-electron chi connectivity index (χ4n) is 3.55. The van der Waals surface area contributed by atoms with Gasteiger partial charge in [-0.15, -0.1) is 0 Å². The van der Waals surface area contributed by atoms with Crippen molar-refractivity contribution in [3.63, 3.8) is 0 Å². The molecular formula is C22H33N3O3. The molecule has 6 heteroatoms. The largest absolute Gasteiger partial charge is 0.462 e. The standard InChI is InChI=1S/C22H33N3O3/c1-6-9-15(4)14-28-21(26)19-16(5)23-22(27)24-20(19)17-10-12-18(13-11-17)25(7-2)8-3/h10-13,15,20H,6-9,14H2,1-5H3,(H2,23,24,27)/t15-,20-/m1/s1. The number of carbonyl (C=O) groups excluding carboxylic acids is 2. The number of nitrogens with zero attached hydrogens (tertiary/aromatic N) is 1. The van der Waals surface area contributed by atoms with Crippen molar-refractivity contribution in [2.45, 2.75) is 53.5 Å².